The zero-order valence-electron chi connectivity index (χ0n) is 10.2. The number of nitrogens with two attached hydrogens (primary N) is 2. The van der Waals surface area contributed by atoms with Crippen LogP contribution < -0.4 is 16.2 Å². The molecule has 18 heavy (non-hydrogen) atoms. The third-order valence-electron chi connectivity index (χ3n) is 2.04. The first-order valence-corrected chi connectivity index (χ1v) is 5.34. The molecule has 0 unspecified atom stereocenters. The summed E-state index contributed by atoms with van der Waals surface area (Å²) in [6, 6.07) is 0.124. The molecular weight excluding hydrogens is 296 g/mol. The van der Waals surface area contributed by atoms with Crippen LogP contribution in [0, 0.1) is 0 Å². The van der Waals surface area contributed by atoms with Gasteiger partial charge in [-0.15, -0.1) is 24.8 Å². The highest BCUT2D eigenvalue weighted by Crippen LogP contribution is 2.32. The van der Waals surface area contributed by atoms with E-state index in [-0.39, 0.29) is 36.7 Å². The molecule has 1 rings (SSSR count). The Balaban J connectivity index is 0. The van der Waals surface area contributed by atoms with E-state index in [4.69, 9.17) is 27.8 Å². The summed E-state index contributed by atoms with van der Waals surface area (Å²) >= 11 is 6.10. The van der Waals surface area contributed by atoms with Gasteiger partial charge in [-0.1, -0.05) is 23.8 Å². The van der Waals surface area contributed by atoms with Gasteiger partial charge in [0.25, 0.3) is 0 Å². The summed E-state index contributed by atoms with van der Waals surface area (Å²) in [7, 11) is 1.51. The lowest BCUT2D eigenvalue weighted by atomic mass is 10.2. The highest BCUT2D eigenvalue weighted by Gasteiger charge is 2.09. The second-order valence-electron chi connectivity index (χ2n) is 3.56. The molecule has 0 aliphatic carbocycles. The average molecular weight is 315 g/mol. The second-order valence-corrected chi connectivity index (χ2v) is 3.94. The van der Waals surface area contributed by atoms with Crippen LogP contribution >= 0.6 is 36.4 Å². The van der Waals surface area contributed by atoms with Crippen LogP contribution in [0.25, 0.3) is 6.08 Å². The Bertz CT molecular complexity index is 397. The van der Waals surface area contributed by atoms with Gasteiger partial charge in [0.05, 0.1) is 12.1 Å². The normalized spacial score (nSPS) is 11.6. The van der Waals surface area contributed by atoms with Crippen LogP contribution in [-0.2, 0) is 0 Å². The Labute approximate surface area is 125 Å². The molecule has 4 nitrogen and oxygen atoms in total. The van der Waals surface area contributed by atoms with Crippen molar-refractivity contribution in [3.63, 3.8) is 0 Å². The monoisotopic (exact) mass is 313 g/mol. The molecule has 0 saturated heterocycles. The van der Waals surface area contributed by atoms with Crippen LogP contribution in [0.3, 0.4) is 0 Å². The second kappa shape index (κ2) is 9.28. The largest absolute Gasteiger partial charge is 0.491 e. The van der Waals surface area contributed by atoms with E-state index in [0.29, 0.717) is 10.8 Å². The minimum atomic E-state index is 0. The molecular formula is C11H18Cl3N3O. The minimum absolute atomic E-state index is 0. The number of rotatable bonds is 4. The van der Waals surface area contributed by atoms with E-state index in [1.54, 1.807) is 6.20 Å². The summed E-state index contributed by atoms with van der Waals surface area (Å²) in [5.74, 6) is 0.696. The van der Waals surface area contributed by atoms with Crippen molar-refractivity contribution in [3.05, 3.63) is 22.9 Å². The predicted molar refractivity (Wildman–Crippen MR) is 82.0 cm³/mol. The fourth-order valence-corrected chi connectivity index (χ4v) is 1.50. The number of methoxy groups -OCH3 is 1. The number of nitrogen functional groups attached to an aromatic ring is 1. The molecule has 0 aromatic carbocycles. The Kier molecular flexibility index (Phi) is 10.1. The highest BCUT2D eigenvalue weighted by atomic mass is 35.5. The third-order valence-corrected chi connectivity index (χ3v) is 2.43. The summed E-state index contributed by atoms with van der Waals surface area (Å²) in [5, 5.41) is 0.468. The van der Waals surface area contributed by atoms with Crippen molar-refractivity contribution < 1.29 is 4.74 Å². The lowest BCUT2D eigenvalue weighted by molar-refractivity contribution is 0.415. The van der Waals surface area contributed by atoms with Gasteiger partial charge >= 0.3 is 0 Å². The summed E-state index contributed by atoms with van der Waals surface area (Å²) in [6.07, 6.45) is 6.20. The summed E-state index contributed by atoms with van der Waals surface area (Å²) in [6.45, 7) is 1.94. The average Bonchev–Trinajstić information content (AvgIpc) is 2.22. The molecule has 7 heteroatoms. The molecule has 0 amide bonds. The fraction of sp³-hybridized carbons (Fsp3) is 0.364. The first-order valence-electron chi connectivity index (χ1n) is 4.96. The van der Waals surface area contributed by atoms with Gasteiger partial charge in [0.15, 0.2) is 11.6 Å². The standard InChI is InChI=1S/C11H16ClN3O.2ClH/c1-7(13)4-3-5-8-6-15-11(14)10(16-2)9(8)12;;/h3,5-7H,4,13H2,1-2H3,(H2,14,15);2*1H/b5-3+;;/t7-;;/m0../s1. The van der Waals surface area contributed by atoms with Gasteiger partial charge in [-0.3, -0.25) is 0 Å². The smallest absolute Gasteiger partial charge is 0.180 e. The van der Waals surface area contributed by atoms with Crippen molar-refractivity contribution in [2.75, 3.05) is 12.8 Å². The van der Waals surface area contributed by atoms with Gasteiger partial charge in [0.2, 0.25) is 0 Å². The number of nitrogens with zero attached hydrogens (tertiary/aromatic N) is 1. The maximum Gasteiger partial charge on any atom is 0.180 e. The van der Waals surface area contributed by atoms with Crippen LogP contribution in [0.2, 0.25) is 5.02 Å². The van der Waals surface area contributed by atoms with Crippen molar-refractivity contribution in [3.8, 4) is 5.75 Å². The van der Waals surface area contributed by atoms with Crippen molar-refractivity contribution in [1.82, 2.24) is 4.98 Å². The molecule has 4 N–H and O–H groups in total. The van der Waals surface area contributed by atoms with Crippen LogP contribution in [0.1, 0.15) is 18.9 Å². The maximum atomic E-state index is 6.10. The lowest BCUT2D eigenvalue weighted by Gasteiger charge is -2.07. The number of anilines is 1. The van der Waals surface area contributed by atoms with E-state index in [1.165, 1.54) is 7.11 Å². The first-order chi connectivity index (χ1) is 7.56. The molecule has 1 aromatic heterocycles. The Morgan fingerprint density at radius 3 is 2.61 bits per heavy atom. The van der Waals surface area contributed by atoms with Crippen molar-refractivity contribution in [2.24, 2.45) is 5.73 Å². The SMILES string of the molecule is COc1c(N)ncc(/C=C/C[C@H](C)N)c1Cl.Cl.Cl. The molecule has 0 fully saturated rings. The van der Waals surface area contributed by atoms with Crippen molar-refractivity contribution in [1.29, 1.82) is 0 Å². The quantitative estimate of drug-likeness (QED) is 0.896. The highest BCUT2D eigenvalue weighted by molar-refractivity contribution is 6.33. The van der Waals surface area contributed by atoms with Crippen LogP contribution in [0.4, 0.5) is 5.82 Å². The van der Waals surface area contributed by atoms with Crippen LogP contribution in [-0.4, -0.2) is 18.1 Å². The van der Waals surface area contributed by atoms with Gasteiger partial charge in [-0.25, -0.2) is 4.98 Å². The molecule has 1 atom stereocenters. The molecule has 0 aliphatic heterocycles. The summed E-state index contributed by atoms with van der Waals surface area (Å²) in [5.41, 5.74) is 12.0. The number of ether oxygens (including phenoxy) is 1. The number of aromatic nitrogens is 1. The van der Waals surface area contributed by atoms with Gasteiger partial charge in [0, 0.05) is 17.8 Å². The molecule has 1 aromatic rings. The van der Waals surface area contributed by atoms with Gasteiger partial charge in [0.1, 0.15) is 0 Å². The Morgan fingerprint density at radius 1 is 1.50 bits per heavy atom. The molecule has 104 valence electrons. The van der Waals surface area contributed by atoms with Crippen molar-refractivity contribution in [2.45, 2.75) is 19.4 Å². The zero-order valence-corrected chi connectivity index (χ0v) is 12.6. The number of halogens is 3. The molecule has 0 spiro atoms. The molecule has 0 radical (unpaired) electrons. The predicted octanol–water partition coefficient (Wildman–Crippen LogP) is 2.92. The number of pyridine rings is 1. The van der Waals surface area contributed by atoms with E-state index in [2.05, 4.69) is 4.98 Å². The Morgan fingerprint density at radius 2 is 2.11 bits per heavy atom. The first kappa shape index (κ1) is 19.7. The molecule has 1 heterocycles. The number of hydrogen-bond donors (Lipinski definition) is 2. The zero-order chi connectivity index (χ0) is 12.1. The van der Waals surface area contributed by atoms with Crippen LogP contribution in [0.15, 0.2) is 12.3 Å². The number of hydrogen-bond acceptors (Lipinski definition) is 4. The minimum Gasteiger partial charge on any atom is -0.491 e. The van der Waals surface area contributed by atoms with Crippen LogP contribution in [0.5, 0.6) is 5.75 Å². The Hall–Kier alpha value is -0.680. The van der Waals surface area contributed by atoms with E-state index < -0.39 is 0 Å². The fourth-order valence-electron chi connectivity index (χ4n) is 1.22. The van der Waals surface area contributed by atoms with E-state index in [9.17, 15) is 0 Å². The van der Waals surface area contributed by atoms with Gasteiger partial charge in [-0.2, -0.15) is 0 Å². The third kappa shape index (κ3) is 5.31. The lowest BCUT2D eigenvalue weighted by Crippen LogP contribution is -2.12. The van der Waals surface area contributed by atoms with E-state index in [1.807, 2.05) is 19.1 Å². The molecule has 0 aliphatic rings. The topological polar surface area (TPSA) is 74.2 Å². The summed E-state index contributed by atoms with van der Waals surface area (Å²) in [4.78, 5) is 3.99. The van der Waals surface area contributed by atoms with E-state index >= 15 is 0 Å². The van der Waals surface area contributed by atoms with E-state index in [0.717, 1.165) is 12.0 Å². The maximum absolute atomic E-state index is 6.10. The summed E-state index contributed by atoms with van der Waals surface area (Å²) < 4.78 is 5.07. The van der Waals surface area contributed by atoms with Crippen molar-refractivity contribution >= 4 is 48.3 Å². The molecule has 0 bridgehead atoms. The molecule has 0 saturated carbocycles. The van der Waals surface area contributed by atoms with Gasteiger partial charge < -0.3 is 16.2 Å². The van der Waals surface area contributed by atoms with Gasteiger partial charge in [-0.05, 0) is 13.3 Å².